The Labute approximate surface area is 565 Å². The van der Waals surface area contributed by atoms with Crippen molar-refractivity contribution in [3.05, 3.63) is 185 Å². The molecule has 0 saturated heterocycles. The quantitative estimate of drug-likeness (QED) is 0.0380. The van der Waals surface area contributed by atoms with Gasteiger partial charge in [0.05, 0.1) is 19.3 Å². The van der Waals surface area contributed by atoms with Crippen molar-refractivity contribution in [2.75, 3.05) is 34.2 Å². The van der Waals surface area contributed by atoms with Gasteiger partial charge in [-0.25, -0.2) is 0 Å². The van der Waals surface area contributed by atoms with Crippen LogP contribution in [0.4, 0.5) is 0 Å². The molecule has 9 atom stereocenters. The Hall–Kier alpha value is -5.88. The molecule has 2 aliphatic rings. The molecule has 6 aromatic rings. The minimum absolute atomic E-state index is 0.160. The fraction of sp³-hybridized carbons (Fsp3) is 0.566. The molecule has 8 rings (SSSR count). The molecular weight excluding hydrogens is 1160 g/mol. The van der Waals surface area contributed by atoms with E-state index >= 15 is 0 Å². The Morgan fingerprint density at radius 3 is 1.04 bits per heavy atom. The zero-order valence-electron chi connectivity index (χ0n) is 60.5. The Morgan fingerprint density at radius 2 is 0.688 bits per heavy atom. The van der Waals surface area contributed by atoms with Gasteiger partial charge in [-0.15, -0.1) is 0 Å². The van der Waals surface area contributed by atoms with Crippen molar-refractivity contribution >= 4 is 0 Å². The van der Waals surface area contributed by atoms with Crippen LogP contribution >= 0.6 is 0 Å². The predicted molar refractivity (Wildman–Crippen MR) is 387 cm³/mol. The van der Waals surface area contributed by atoms with Crippen LogP contribution in [0.25, 0.3) is 0 Å². The first kappa shape index (κ1) is 79.6. The lowest BCUT2D eigenvalue weighted by atomic mass is 9.87. The third kappa shape index (κ3) is 32.9. The van der Waals surface area contributed by atoms with Gasteiger partial charge in [-0.3, -0.25) is 0 Å². The Kier molecular flexibility index (Phi) is 40.3. The maximum Gasteiger partial charge on any atom is 0.197 e. The summed E-state index contributed by atoms with van der Waals surface area (Å²) in [6.45, 7) is 31.8. The van der Waals surface area contributed by atoms with Crippen LogP contribution < -0.4 is 23.7 Å². The molecule has 9 unspecified atom stereocenters. The molecule has 0 aromatic heterocycles. The summed E-state index contributed by atoms with van der Waals surface area (Å²) in [5.74, 6) is 8.29. The zero-order valence-corrected chi connectivity index (χ0v) is 60.5. The lowest BCUT2D eigenvalue weighted by Gasteiger charge is -2.26. The average molecular weight is 1280 g/mol. The summed E-state index contributed by atoms with van der Waals surface area (Å²) >= 11 is 0. The van der Waals surface area contributed by atoms with Crippen LogP contribution in [0.1, 0.15) is 263 Å². The lowest BCUT2D eigenvalue weighted by Crippen LogP contribution is -2.26. The molecule has 0 heterocycles. The van der Waals surface area contributed by atoms with Gasteiger partial charge in [0.25, 0.3) is 0 Å². The van der Waals surface area contributed by atoms with Gasteiger partial charge in [0.2, 0.25) is 0 Å². The largest absolute Gasteiger partial charge is 0.468 e. The van der Waals surface area contributed by atoms with Crippen LogP contribution in [-0.4, -0.2) is 65.5 Å². The summed E-state index contributed by atoms with van der Waals surface area (Å²) in [6, 6.07) is 52.0. The fourth-order valence-corrected chi connectivity index (χ4v) is 10.9. The topological polar surface area (TPSA) is 92.3 Å². The summed E-state index contributed by atoms with van der Waals surface area (Å²) in [6.07, 6.45) is 20.8. The zero-order chi connectivity index (χ0) is 67.6. The minimum Gasteiger partial charge on any atom is -0.468 e. The third-order valence-electron chi connectivity index (χ3n) is 18.3. The monoisotopic (exact) mass is 1280 g/mol. The van der Waals surface area contributed by atoms with E-state index in [4.69, 9.17) is 47.4 Å². The van der Waals surface area contributed by atoms with Crippen molar-refractivity contribution in [3.63, 3.8) is 0 Å². The molecule has 6 aromatic carbocycles. The van der Waals surface area contributed by atoms with Crippen LogP contribution in [0.5, 0.6) is 28.7 Å². The Bertz CT molecular complexity index is 2720. The Morgan fingerprint density at radius 1 is 0.355 bits per heavy atom. The molecule has 0 bridgehead atoms. The highest BCUT2D eigenvalue weighted by molar-refractivity contribution is 5.33. The number of methoxy groups -OCH3 is 2. The first-order valence-corrected chi connectivity index (χ1v) is 35.7. The van der Waals surface area contributed by atoms with Crippen molar-refractivity contribution in [2.45, 2.75) is 267 Å². The molecule has 0 N–H and O–H groups in total. The standard InChI is InChI=1S/C20H32O2.C20H26O2.C18H28O2.C13H20O2.C12H18O2/c2*1-4-16(2)19-10-12-20(13-11-19)22-17(3)21-15-14-18-8-6-5-7-9-18;1-4-14(2)16-10-12-18(13-11-16)20-15(3)19-17-8-6-5-7-9-17;1-5-10(2)12-6-8-13(9-7-12)15-11(3)14-4;1-4-10(2)11-5-7-12(8-6-11)14-9-13-3/h10-13,16-18H,4-9,14-15H2,1-3H3;5-13,16-17H,4,14-15H2,1-3H3;10-15,17H,4-9H2,1-3H3;6-11H,5H2,1-4H3;5-8,10H,4,9H2,1-3H3. The normalized spacial score (nSPS) is 16.1. The number of ether oxygens (including phenoxy) is 10. The van der Waals surface area contributed by atoms with E-state index < -0.39 is 0 Å². The highest BCUT2D eigenvalue weighted by Gasteiger charge is 2.19. The second-order valence-corrected chi connectivity index (χ2v) is 25.6. The van der Waals surface area contributed by atoms with Crippen LogP contribution in [0.2, 0.25) is 0 Å². The molecule has 2 fully saturated rings. The molecule has 516 valence electrons. The summed E-state index contributed by atoms with van der Waals surface area (Å²) in [5, 5.41) is 0. The van der Waals surface area contributed by atoms with Gasteiger partial charge in [0, 0.05) is 14.2 Å². The molecule has 0 radical (unpaired) electrons. The summed E-state index contributed by atoms with van der Waals surface area (Å²) in [4.78, 5) is 0. The van der Waals surface area contributed by atoms with Gasteiger partial charge < -0.3 is 47.4 Å². The molecule has 0 aliphatic heterocycles. The number of hydrogen-bond donors (Lipinski definition) is 0. The van der Waals surface area contributed by atoms with E-state index in [2.05, 4.69) is 166 Å². The van der Waals surface area contributed by atoms with Gasteiger partial charge in [0.1, 0.15) is 28.7 Å². The van der Waals surface area contributed by atoms with Crippen LogP contribution in [0, 0.1) is 5.92 Å². The van der Waals surface area contributed by atoms with E-state index in [1.807, 2.05) is 82.3 Å². The highest BCUT2D eigenvalue weighted by atomic mass is 16.7. The van der Waals surface area contributed by atoms with Crippen LogP contribution in [0.3, 0.4) is 0 Å². The van der Waals surface area contributed by atoms with E-state index in [0.29, 0.717) is 49.1 Å². The van der Waals surface area contributed by atoms with Gasteiger partial charge in [0.15, 0.2) is 32.0 Å². The first-order chi connectivity index (χ1) is 45.0. The van der Waals surface area contributed by atoms with Gasteiger partial charge in [-0.2, -0.15) is 0 Å². The van der Waals surface area contributed by atoms with E-state index in [1.54, 1.807) is 14.2 Å². The molecule has 2 aliphatic carbocycles. The van der Waals surface area contributed by atoms with Crippen molar-refractivity contribution in [2.24, 2.45) is 5.92 Å². The number of rotatable bonds is 32. The van der Waals surface area contributed by atoms with E-state index in [-0.39, 0.29) is 25.2 Å². The van der Waals surface area contributed by atoms with Crippen molar-refractivity contribution < 1.29 is 47.4 Å². The second kappa shape index (κ2) is 47.1. The maximum absolute atomic E-state index is 5.97. The summed E-state index contributed by atoms with van der Waals surface area (Å²) < 4.78 is 55.7. The van der Waals surface area contributed by atoms with Gasteiger partial charge in [-0.05, 0) is 215 Å². The molecule has 93 heavy (non-hydrogen) atoms. The smallest absolute Gasteiger partial charge is 0.197 e. The summed E-state index contributed by atoms with van der Waals surface area (Å²) in [7, 11) is 3.26. The average Bonchev–Trinajstić information content (AvgIpc) is 3.80. The molecule has 2 saturated carbocycles. The minimum atomic E-state index is -0.238. The van der Waals surface area contributed by atoms with Crippen molar-refractivity contribution in [1.29, 1.82) is 0 Å². The van der Waals surface area contributed by atoms with Gasteiger partial charge in [-0.1, -0.05) is 212 Å². The van der Waals surface area contributed by atoms with E-state index in [9.17, 15) is 0 Å². The van der Waals surface area contributed by atoms with Crippen LogP contribution in [0.15, 0.2) is 152 Å². The maximum atomic E-state index is 5.97. The summed E-state index contributed by atoms with van der Waals surface area (Å²) in [5.41, 5.74) is 8.11. The molecule has 0 amide bonds. The highest BCUT2D eigenvalue weighted by Crippen LogP contribution is 2.30. The van der Waals surface area contributed by atoms with Crippen molar-refractivity contribution in [3.8, 4) is 28.7 Å². The number of hydrogen-bond acceptors (Lipinski definition) is 10. The SMILES string of the molecule is CCC(C)c1ccc(OC(C)OC)cc1.CCC(C)c1ccc(OC(C)OC2CCCCC2)cc1.CCC(C)c1ccc(OC(C)OCCC2CCCCC2)cc1.CCC(C)c1ccc(OC(C)OCCc2ccccc2)cc1.CCC(C)c1ccc(OCOC)cc1. The Balaban J connectivity index is 0.000000251. The second-order valence-electron chi connectivity index (χ2n) is 25.6. The molecule has 10 nitrogen and oxygen atoms in total. The van der Waals surface area contributed by atoms with E-state index in [1.165, 1.54) is 117 Å². The first-order valence-electron chi connectivity index (χ1n) is 35.7. The predicted octanol–water partition coefficient (Wildman–Crippen LogP) is 23.1. The molecular formula is C83H124O10. The van der Waals surface area contributed by atoms with Gasteiger partial charge >= 0.3 is 0 Å². The van der Waals surface area contributed by atoms with Crippen LogP contribution in [-0.2, 0) is 30.1 Å². The fourth-order valence-electron chi connectivity index (χ4n) is 10.9. The molecule has 0 spiro atoms. The van der Waals surface area contributed by atoms with E-state index in [0.717, 1.165) is 67.0 Å². The lowest BCUT2D eigenvalue weighted by molar-refractivity contribution is -0.116. The van der Waals surface area contributed by atoms with Crippen molar-refractivity contribution in [1.82, 2.24) is 0 Å². The molecule has 10 heteroatoms. The third-order valence-corrected chi connectivity index (χ3v) is 18.3. The number of benzene rings is 6.